The molecule has 0 aromatic rings. The molecule has 0 aliphatic carbocycles. The Balaban J connectivity index is 2.33. The van der Waals surface area contributed by atoms with Crippen LogP contribution < -0.4 is 11.1 Å². The summed E-state index contributed by atoms with van der Waals surface area (Å²) in [6.07, 6.45) is -0.337. The van der Waals surface area contributed by atoms with Crippen LogP contribution in [0.1, 0.15) is 19.3 Å². The van der Waals surface area contributed by atoms with Gasteiger partial charge in [0.05, 0.1) is 6.42 Å². The Bertz CT molecular complexity index is 264. The predicted molar refractivity (Wildman–Crippen MR) is 45.9 cm³/mol. The maximum Gasteiger partial charge on any atom is 0.306 e. The zero-order chi connectivity index (χ0) is 10.6. The van der Waals surface area contributed by atoms with Crippen molar-refractivity contribution in [2.24, 2.45) is 5.73 Å². The fourth-order valence-corrected chi connectivity index (χ4v) is 1.09. The first-order valence-electron chi connectivity index (χ1n) is 4.36. The smallest absolute Gasteiger partial charge is 0.306 e. The van der Waals surface area contributed by atoms with E-state index in [1.165, 1.54) is 0 Å². The molecule has 0 spiro atoms. The molecule has 1 atom stereocenters. The van der Waals surface area contributed by atoms with Gasteiger partial charge in [-0.15, -0.1) is 0 Å². The number of hydrogen-bond acceptors (Lipinski definition) is 5. The van der Waals surface area contributed by atoms with Crippen LogP contribution in [0, 0.1) is 0 Å². The van der Waals surface area contributed by atoms with Gasteiger partial charge in [0, 0.05) is 6.42 Å². The zero-order valence-corrected chi connectivity index (χ0v) is 7.62. The maximum absolute atomic E-state index is 11.0. The van der Waals surface area contributed by atoms with Gasteiger partial charge in [-0.3, -0.25) is 19.7 Å². The molecule has 6 nitrogen and oxygen atoms in total. The van der Waals surface area contributed by atoms with E-state index >= 15 is 0 Å². The van der Waals surface area contributed by atoms with Gasteiger partial charge in [-0.25, -0.2) is 0 Å². The number of amides is 2. The first-order valence-corrected chi connectivity index (χ1v) is 4.36. The molecule has 1 fully saturated rings. The highest BCUT2D eigenvalue weighted by atomic mass is 16.5. The van der Waals surface area contributed by atoms with Crippen molar-refractivity contribution in [3.05, 3.63) is 0 Å². The fraction of sp³-hybridized carbons (Fsp3) is 0.625. The molecule has 78 valence electrons. The molecule has 0 aromatic carbocycles. The molecule has 1 aliphatic rings. The number of rotatable bonds is 4. The first kappa shape index (κ1) is 10.6. The molecule has 0 saturated carbocycles. The summed E-state index contributed by atoms with van der Waals surface area (Å²) in [7, 11) is 0. The third kappa shape index (κ3) is 2.81. The van der Waals surface area contributed by atoms with Crippen LogP contribution in [0.5, 0.6) is 0 Å². The lowest BCUT2D eigenvalue weighted by atomic mass is 10.3. The van der Waals surface area contributed by atoms with E-state index in [1.54, 1.807) is 0 Å². The molecule has 0 unspecified atom stereocenters. The number of carbonyl (C=O) groups excluding carboxylic acids is 3. The molecular formula is C8H12N2O4. The topological polar surface area (TPSA) is 98.5 Å². The normalized spacial score (nSPS) is 20.8. The van der Waals surface area contributed by atoms with Gasteiger partial charge in [-0.2, -0.15) is 0 Å². The third-order valence-electron chi connectivity index (χ3n) is 1.78. The average Bonchev–Trinajstić information content (AvgIpc) is 2.42. The molecule has 2 amide bonds. The summed E-state index contributed by atoms with van der Waals surface area (Å²) < 4.78 is 4.77. The minimum absolute atomic E-state index is 0.0762. The van der Waals surface area contributed by atoms with Gasteiger partial charge in [-0.1, -0.05) is 0 Å². The van der Waals surface area contributed by atoms with E-state index in [2.05, 4.69) is 0 Å². The van der Waals surface area contributed by atoms with Crippen LogP contribution in [0.15, 0.2) is 0 Å². The van der Waals surface area contributed by atoms with Crippen LogP contribution in [-0.2, 0) is 19.1 Å². The lowest BCUT2D eigenvalue weighted by Crippen LogP contribution is -2.28. The van der Waals surface area contributed by atoms with Gasteiger partial charge in [0.25, 0.3) is 5.91 Å². The van der Waals surface area contributed by atoms with E-state index in [9.17, 15) is 14.4 Å². The van der Waals surface area contributed by atoms with Crippen molar-refractivity contribution in [2.45, 2.75) is 25.4 Å². The second-order valence-electron chi connectivity index (χ2n) is 2.99. The van der Waals surface area contributed by atoms with Crippen LogP contribution in [0.3, 0.4) is 0 Å². The summed E-state index contributed by atoms with van der Waals surface area (Å²) in [4.78, 5) is 32.7. The van der Waals surface area contributed by atoms with E-state index in [0.29, 0.717) is 13.0 Å². The zero-order valence-electron chi connectivity index (χ0n) is 7.62. The average molecular weight is 200 g/mol. The van der Waals surface area contributed by atoms with Crippen molar-refractivity contribution < 1.29 is 19.1 Å². The van der Waals surface area contributed by atoms with Crippen LogP contribution in [0.2, 0.25) is 0 Å². The van der Waals surface area contributed by atoms with Crippen LogP contribution >= 0.6 is 0 Å². The number of carbonyl (C=O) groups is 3. The SMILES string of the molecule is NCCCC(=O)O[C@@H]1CC(=O)NC1=O. The highest BCUT2D eigenvalue weighted by Crippen LogP contribution is 2.07. The number of imide groups is 1. The van der Waals surface area contributed by atoms with Gasteiger partial charge >= 0.3 is 5.97 Å². The van der Waals surface area contributed by atoms with Gasteiger partial charge in [-0.05, 0) is 13.0 Å². The van der Waals surface area contributed by atoms with Gasteiger partial charge < -0.3 is 10.5 Å². The summed E-state index contributed by atoms with van der Waals surface area (Å²) in [5.41, 5.74) is 5.19. The molecule has 0 bridgehead atoms. The molecule has 1 heterocycles. The Morgan fingerprint density at radius 3 is 2.79 bits per heavy atom. The van der Waals surface area contributed by atoms with Crippen LogP contribution in [-0.4, -0.2) is 30.4 Å². The van der Waals surface area contributed by atoms with E-state index in [0.717, 1.165) is 0 Å². The summed E-state index contributed by atoms with van der Waals surface area (Å²) in [5.74, 6) is -1.45. The molecule has 0 radical (unpaired) electrons. The van der Waals surface area contributed by atoms with E-state index in [4.69, 9.17) is 10.5 Å². The number of nitrogens with one attached hydrogen (secondary N) is 1. The van der Waals surface area contributed by atoms with Gasteiger partial charge in [0.1, 0.15) is 0 Å². The monoisotopic (exact) mass is 200 g/mol. The van der Waals surface area contributed by atoms with Crippen molar-refractivity contribution in [1.29, 1.82) is 0 Å². The van der Waals surface area contributed by atoms with Crippen molar-refractivity contribution in [3.8, 4) is 0 Å². The van der Waals surface area contributed by atoms with Crippen LogP contribution in [0.4, 0.5) is 0 Å². The molecule has 1 aliphatic heterocycles. The summed E-state index contributed by atoms with van der Waals surface area (Å²) in [6.45, 7) is 0.394. The Kier molecular flexibility index (Phi) is 3.58. The van der Waals surface area contributed by atoms with Crippen LogP contribution in [0.25, 0.3) is 0 Å². The molecule has 0 aromatic heterocycles. The highest BCUT2D eigenvalue weighted by Gasteiger charge is 2.33. The molecule has 1 saturated heterocycles. The standard InChI is InChI=1S/C8H12N2O4/c9-3-1-2-7(12)14-5-4-6(11)10-8(5)13/h5H,1-4,9H2,(H,10,11,13)/t5-/m1/s1. The fourth-order valence-electron chi connectivity index (χ4n) is 1.09. The number of nitrogens with two attached hydrogens (primary N) is 1. The number of hydrogen-bond donors (Lipinski definition) is 2. The van der Waals surface area contributed by atoms with Crippen molar-refractivity contribution in [3.63, 3.8) is 0 Å². The Hall–Kier alpha value is -1.43. The molecule has 14 heavy (non-hydrogen) atoms. The number of ether oxygens (including phenoxy) is 1. The second-order valence-corrected chi connectivity index (χ2v) is 2.99. The van der Waals surface area contributed by atoms with Crippen molar-refractivity contribution in [1.82, 2.24) is 5.32 Å². The molecule has 6 heteroatoms. The largest absolute Gasteiger partial charge is 0.452 e. The van der Waals surface area contributed by atoms with Gasteiger partial charge in [0.2, 0.25) is 5.91 Å². The first-order chi connectivity index (χ1) is 6.63. The maximum atomic E-state index is 11.0. The third-order valence-corrected chi connectivity index (χ3v) is 1.78. The van der Waals surface area contributed by atoms with E-state index in [-0.39, 0.29) is 12.8 Å². The molecule has 3 N–H and O–H groups in total. The van der Waals surface area contributed by atoms with Crippen molar-refractivity contribution in [2.75, 3.05) is 6.54 Å². The minimum atomic E-state index is -0.951. The lowest BCUT2D eigenvalue weighted by Gasteiger charge is -2.07. The van der Waals surface area contributed by atoms with E-state index < -0.39 is 23.9 Å². The Morgan fingerprint density at radius 2 is 2.29 bits per heavy atom. The summed E-state index contributed by atoms with van der Waals surface area (Å²) in [5, 5.41) is 2.05. The highest BCUT2D eigenvalue weighted by molar-refractivity contribution is 6.05. The second kappa shape index (κ2) is 4.71. The minimum Gasteiger partial charge on any atom is -0.452 e. The van der Waals surface area contributed by atoms with E-state index in [1.807, 2.05) is 5.32 Å². The summed E-state index contributed by atoms with van der Waals surface area (Å²) >= 11 is 0. The summed E-state index contributed by atoms with van der Waals surface area (Å²) in [6, 6.07) is 0. The lowest BCUT2D eigenvalue weighted by molar-refractivity contribution is -0.154. The Labute approximate surface area is 80.8 Å². The molecular weight excluding hydrogens is 188 g/mol. The Morgan fingerprint density at radius 1 is 1.57 bits per heavy atom. The molecule has 1 rings (SSSR count). The quantitative estimate of drug-likeness (QED) is 0.433. The van der Waals surface area contributed by atoms with Crippen molar-refractivity contribution >= 4 is 17.8 Å². The number of esters is 1. The van der Waals surface area contributed by atoms with Gasteiger partial charge in [0.15, 0.2) is 6.10 Å². The predicted octanol–water partition coefficient (Wildman–Crippen LogP) is -1.32.